The van der Waals surface area contributed by atoms with Gasteiger partial charge in [-0.25, -0.2) is 4.98 Å². The number of hydrogen-bond donors (Lipinski definition) is 2. The van der Waals surface area contributed by atoms with Crippen molar-refractivity contribution in [2.75, 3.05) is 19.7 Å². The third-order valence-corrected chi connectivity index (χ3v) is 3.42. The predicted octanol–water partition coefficient (Wildman–Crippen LogP) is 1.05. The van der Waals surface area contributed by atoms with E-state index in [9.17, 15) is 4.79 Å². The molecule has 0 saturated carbocycles. The number of benzene rings is 1. The molecule has 0 radical (unpaired) electrons. The zero-order valence-electron chi connectivity index (χ0n) is 10.7. The first-order valence-corrected chi connectivity index (χ1v) is 6.59. The van der Waals surface area contributed by atoms with E-state index in [1.54, 1.807) is 6.07 Å². The van der Waals surface area contributed by atoms with Crippen LogP contribution in [0.5, 0.6) is 0 Å². The number of aromatic amines is 1. The van der Waals surface area contributed by atoms with Crippen molar-refractivity contribution < 1.29 is 4.74 Å². The van der Waals surface area contributed by atoms with Gasteiger partial charge >= 0.3 is 0 Å². The van der Waals surface area contributed by atoms with Crippen LogP contribution in [-0.2, 0) is 11.3 Å². The maximum atomic E-state index is 11.9. The van der Waals surface area contributed by atoms with E-state index in [0.29, 0.717) is 35.9 Å². The zero-order valence-corrected chi connectivity index (χ0v) is 10.7. The molecule has 5 nitrogen and oxygen atoms in total. The summed E-state index contributed by atoms with van der Waals surface area (Å²) in [6.45, 7) is 3.15. The molecule has 100 valence electrons. The van der Waals surface area contributed by atoms with E-state index in [2.05, 4.69) is 15.3 Å². The van der Waals surface area contributed by atoms with Gasteiger partial charge in [0.15, 0.2) is 0 Å². The highest BCUT2D eigenvalue weighted by Gasteiger charge is 2.14. The highest BCUT2D eigenvalue weighted by molar-refractivity contribution is 5.77. The summed E-state index contributed by atoms with van der Waals surface area (Å²) in [6, 6.07) is 7.33. The van der Waals surface area contributed by atoms with Crippen LogP contribution in [0.3, 0.4) is 0 Å². The standard InChI is InChI=1S/C14H17N3O2/c18-14-11-3-1-2-4-12(11)16-13(17-14)9-19-8-10-5-6-15-7-10/h1-4,10,15H,5-9H2,(H,16,17,18). The van der Waals surface area contributed by atoms with Crippen LogP contribution in [-0.4, -0.2) is 29.7 Å². The van der Waals surface area contributed by atoms with E-state index in [0.717, 1.165) is 19.5 Å². The van der Waals surface area contributed by atoms with Crippen molar-refractivity contribution in [1.82, 2.24) is 15.3 Å². The minimum Gasteiger partial charge on any atom is -0.373 e. The van der Waals surface area contributed by atoms with Crippen molar-refractivity contribution in [2.45, 2.75) is 13.0 Å². The van der Waals surface area contributed by atoms with E-state index < -0.39 is 0 Å². The van der Waals surface area contributed by atoms with E-state index in [1.807, 2.05) is 18.2 Å². The Balaban J connectivity index is 1.69. The molecule has 1 saturated heterocycles. The Bertz CT molecular complexity index is 617. The van der Waals surface area contributed by atoms with Crippen molar-refractivity contribution in [1.29, 1.82) is 0 Å². The van der Waals surface area contributed by atoms with Crippen LogP contribution < -0.4 is 10.9 Å². The summed E-state index contributed by atoms with van der Waals surface area (Å²) in [5, 5.41) is 3.92. The van der Waals surface area contributed by atoms with Crippen LogP contribution in [0.4, 0.5) is 0 Å². The Morgan fingerprint density at radius 2 is 2.26 bits per heavy atom. The van der Waals surface area contributed by atoms with Gasteiger partial charge in [-0.1, -0.05) is 12.1 Å². The van der Waals surface area contributed by atoms with E-state index in [-0.39, 0.29) is 5.56 Å². The molecule has 2 heterocycles. The lowest BCUT2D eigenvalue weighted by Gasteiger charge is -2.09. The second-order valence-corrected chi connectivity index (χ2v) is 4.90. The summed E-state index contributed by atoms with van der Waals surface area (Å²) < 4.78 is 5.63. The normalized spacial score (nSPS) is 19.1. The molecule has 2 aromatic rings. The molecular formula is C14H17N3O2. The SMILES string of the molecule is O=c1[nH]c(COCC2CCNC2)nc2ccccc12. The predicted molar refractivity (Wildman–Crippen MR) is 73.0 cm³/mol. The third kappa shape index (κ3) is 2.83. The summed E-state index contributed by atoms with van der Waals surface area (Å²) >= 11 is 0. The second-order valence-electron chi connectivity index (χ2n) is 4.90. The number of nitrogens with zero attached hydrogens (tertiary/aromatic N) is 1. The maximum absolute atomic E-state index is 11.9. The van der Waals surface area contributed by atoms with E-state index >= 15 is 0 Å². The molecule has 2 N–H and O–H groups in total. The van der Waals surface area contributed by atoms with Crippen LogP contribution in [0.1, 0.15) is 12.2 Å². The fraction of sp³-hybridized carbons (Fsp3) is 0.429. The number of aromatic nitrogens is 2. The molecule has 0 bridgehead atoms. The molecule has 3 rings (SSSR count). The van der Waals surface area contributed by atoms with Gasteiger partial charge in [0, 0.05) is 6.54 Å². The topological polar surface area (TPSA) is 67.0 Å². The molecule has 0 amide bonds. The van der Waals surface area contributed by atoms with Gasteiger partial charge in [0.1, 0.15) is 12.4 Å². The zero-order chi connectivity index (χ0) is 13.1. The first-order valence-electron chi connectivity index (χ1n) is 6.59. The Kier molecular flexibility index (Phi) is 3.57. The Labute approximate surface area is 111 Å². The second kappa shape index (κ2) is 5.50. The Hall–Kier alpha value is -1.72. The number of nitrogens with one attached hydrogen (secondary N) is 2. The van der Waals surface area contributed by atoms with Crippen molar-refractivity contribution in [3.05, 3.63) is 40.4 Å². The largest absolute Gasteiger partial charge is 0.373 e. The molecule has 1 aromatic heterocycles. The summed E-state index contributed by atoms with van der Waals surface area (Å²) in [6.07, 6.45) is 1.15. The van der Waals surface area contributed by atoms with E-state index in [1.165, 1.54) is 0 Å². The van der Waals surface area contributed by atoms with Crippen LogP contribution >= 0.6 is 0 Å². The molecule has 0 aliphatic carbocycles. The highest BCUT2D eigenvalue weighted by atomic mass is 16.5. The molecule has 1 aliphatic rings. The molecule has 0 spiro atoms. The van der Waals surface area contributed by atoms with Crippen molar-refractivity contribution in [3.63, 3.8) is 0 Å². The fourth-order valence-corrected chi connectivity index (χ4v) is 2.38. The molecule has 1 atom stereocenters. The van der Waals surface area contributed by atoms with Gasteiger partial charge in [-0.05, 0) is 31.0 Å². The lowest BCUT2D eigenvalue weighted by atomic mass is 10.1. The molecule has 1 aromatic carbocycles. The summed E-state index contributed by atoms with van der Waals surface area (Å²) in [4.78, 5) is 19.0. The molecule has 1 fully saturated rings. The van der Waals surface area contributed by atoms with Gasteiger partial charge in [-0.3, -0.25) is 4.79 Å². The highest BCUT2D eigenvalue weighted by Crippen LogP contribution is 2.09. The van der Waals surface area contributed by atoms with Crippen LogP contribution in [0.2, 0.25) is 0 Å². The van der Waals surface area contributed by atoms with Gasteiger partial charge in [-0.15, -0.1) is 0 Å². The number of H-pyrrole nitrogens is 1. The fourth-order valence-electron chi connectivity index (χ4n) is 2.38. The van der Waals surface area contributed by atoms with Crippen LogP contribution in [0.15, 0.2) is 29.1 Å². The average Bonchev–Trinajstić information content (AvgIpc) is 2.92. The van der Waals surface area contributed by atoms with Crippen LogP contribution in [0.25, 0.3) is 10.9 Å². The minimum atomic E-state index is -0.105. The molecular weight excluding hydrogens is 242 g/mol. The first-order chi connectivity index (χ1) is 9.33. The van der Waals surface area contributed by atoms with Gasteiger partial charge < -0.3 is 15.0 Å². The maximum Gasteiger partial charge on any atom is 0.258 e. The molecule has 19 heavy (non-hydrogen) atoms. The number of ether oxygens (including phenoxy) is 1. The smallest absolute Gasteiger partial charge is 0.258 e. The molecule has 5 heteroatoms. The molecule has 1 aliphatic heterocycles. The number of rotatable bonds is 4. The van der Waals surface area contributed by atoms with Crippen molar-refractivity contribution in [3.8, 4) is 0 Å². The number of para-hydroxylation sites is 1. The van der Waals surface area contributed by atoms with Gasteiger partial charge in [0.05, 0.1) is 17.5 Å². The summed E-state index contributed by atoms with van der Waals surface area (Å²) in [7, 11) is 0. The van der Waals surface area contributed by atoms with Crippen LogP contribution in [0, 0.1) is 5.92 Å². The average molecular weight is 259 g/mol. The number of hydrogen-bond acceptors (Lipinski definition) is 4. The Morgan fingerprint density at radius 3 is 3.11 bits per heavy atom. The first kappa shape index (κ1) is 12.3. The minimum absolute atomic E-state index is 0.105. The van der Waals surface area contributed by atoms with E-state index in [4.69, 9.17) is 4.74 Å². The summed E-state index contributed by atoms with van der Waals surface area (Å²) in [5.74, 6) is 1.17. The summed E-state index contributed by atoms with van der Waals surface area (Å²) in [5.41, 5.74) is 0.610. The monoisotopic (exact) mass is 259 g/mol. The van der Waals surface area contributed by atoms with Gasteiger partial charge in [0.25, 0.3) is 5.56 Å². The van der Waals surface area contributed by atoms with Crippen molar-refractivity contribution in [2.24, 2.45) is 5.92 Å². The lowest BCUT2D eigenvalue weighted by Crippen LogP contribution is -2.16. The lowest BCUT2D eigenvalue weighted by molar-refractivity contribution is 0.0879. The quantitative estimate of drug-likeness (QED) is 0.861. The Morgan fingerprint density at radius 1 is 1.37 bits per heavy atom. The van der Waals surface area contributed by atoms with Gasteiger partial charge in [-0.2, -0.15) is 0 Å². The molecule has 1 unspecified atom stereocenters. The van der Waals surface area contributed by atoms with Gasteiger partial charge in [0.2, 0.25) is 0 Å². The number of fused-ring (bicyclic) bond motifs is 1. The third-order valence-electron chi connectivity index (χ3n) is 3.42. The van der Waals surface area contributed by atoms with Crippen molar-refractivity contribution >= 4 is 10.9 Å².